The molecule has 1 N–H and O–H groups in total. The molecule has 0 aromatic heterocycles. The van der Waals surface area contributed by atoms with Crippen LogP contribution in [0.25, 0.3) is 0 Å². The highest BCUT2D eigenvalue weighted by Crippen LogP contribution is 2.17. The molecule has 2 aliphatic heterocycles. The number of sulfone groups is 1. The fraction of sp³-hybridized carbons (Fsp3) is 0.833. The lowest BCUT2D eigenvalue weighted by Crippen LogP contribution is -2.48. The van der Waals surface area contributed by atoms with Gasteiger partial charge in [0.25, 0.3) is 0 Å². The normalized spacial score (nSPS) is 26.1. The zero-order valence-corrected chi connectivity index (χ0v) is 12.5. The average Bonchev–Trinajstić information content (AvgIpc) is 2.64. The van der Waals surface area contributed by atoms with Crippen LogP contribution in [0.2, 0.25) is 0 Å². The standard InChI is InChI=1S/C12H21N3O4S/c1-14(10-3-8-20(18,19)9-10)11(16)12(17)15-6-2-4-13-5-7-15/h10,13H,2-9H2,1H3. The van der Waals surface area contributed by atoms with Crippen LogP contribution in [-0.4, -0.2) is 80.8 Å². The number of hydrogen-bond acceptors (Lipinski definition) is 5. The molecule has 2 amide bonds. The largest absolute Gasteiger partial charge is 0.333 e. The Kier molecular flexibility index (Phi) is 4.64. The van der Waals surface area contributed by atoms with Crippen molar-refractivity contribution in [1.82, 2.24) is 15.1 Å². The predicted molar refractivity (Wildman–Crippen MR) is 73.9 cm³/mol. The van der Waals surface area contributed by atoms with Crippen molar-refractivity contribution in [2.75, 3.05) is 44.7 Å². The second-order valence-electron chi connectivity index (χ2n) is 5.37. The molecule has 0 aliphatic carbocycles. The van der Waals surface area contributed by atoms with E-state index in [0.717, 1.165) is 13.0 Å². The van der Waals surface area contributed by atoms with Crippen molar-refractivity contribution in [2.24, 2.45) is 0 Å². The number of amides is 2. The summed E-state index contributed by atoms with van der Waals surface area (Å²) in [5.74, 6) is -1.07. The highest BCUT2D eigenvalue weighted by atomic mass is 32.2. The second kappa shape index (κ2) is 6.09. The summed E-state index contributed by atoms with van der Waals surface area (Å²) in [6.45, 7) is 2.60. The van der Waals surface area contributed by atoms with E-state index in [2.05, 4.69) is 5.32 Å². The maximum absolute atomic E-state index is 12.2. The molecule has 114 valence electrons. The molecule has 0 radical (unpaired) electrons. The SMILES string of the molecule is CN(C(=O)C(=O)N1CCCNCC1)C1CCS(=O)(=O)C1. The topological polar surface area (TPSA) is 86.8 Å². The van der Waals surface area contributed by atoms with E-state index in [1.165, 1.54) is 11.9 Å². The van der Waals surface area contributed by atoms with Crippen molar-refractivity contribution >= 4 is 21.7 Å². The van der Waals surface area contributed by atoms with Crippen molar-refractivity contribution in [3.8, 4) is 0 Å². The third-order valence-electron chi connectivity index (χ3n) is 3.89. The van der Waals surface area contributed by atoms with Crippen LogP contribution in [-0.2, 0) is 19.4 Å². The Balaban J connectivity index is 1.97. The van der Waals surface area contributed by atoms with Gasteiger partial charge in [0.2, 0.25) is 0 Å². The predicted octanol–water partition coefficient (Wildman–Crippen LogP) is -1.55. The summed E-state index contributed by atoms with van der Waals surface area (Å²) in [4.78, 5) is 27.2. The van der Waals surface area contributed by atoms with Crippen molar-refractivity contribution in [3.63, 3.8) is 0 Å². The Bertz CT molecular complexity index is 483. The van der Waals surface area contributed by atoms with Crippen LogP contribution in [0.1, 0.15) is 12.8 Å². The van der Waals surface area contributed by atoms with E-state index in [1.54, 1.807) is 4.90 Å². The molecule has 2 fully saturated rings. The first-order valence-corrected chi connectivity index (χ1v) is 8.70. The summed E-state index contributed by atoms with van der Waals surface area (Å²) < 4.78 is 22.9. The molecule has 1 unspecified atom stereocenters. The number of nitrogens with one attached hydrogen (secondary N) is 1. The number of carbonyl (C=O) groups is 2. The van der Waals surface area contributed by atoms with Crippen LogP contribution < -0.4 is 5.32 Å². The fourth-order valence-electron chi connectivity index (χ4n) is 2.58. The quantitative estimate of drug-likeness (QED) is 0.593. The number of nitrogens with zero attached hydrogens (tertiary/aromatic N) is 2. The third-order valence-corrected chi connectivity index (χ3v) is 5.64. The van der Waals surface area contributed by atoms with Gasteiger partial charge in [-0.2, -0.15) is 0 Å². The minimum Gasteiger partial charge on any atom is -0.333 e. The zero-order valence-electron chi connectivity index (χ0n) is 11.7. The Morgan fingerprint density at radius 3 is 2.65 bits per heavy atom. The van der Waals surface area contributed by atoms with Gasteiger partial charge in [0.05, 0.1) is 11.5 Å². The lowest BCUT2D eigenvalue weighted by molar-refractivity contribution is -0.151. The van der Waals surface area contributed by atoms with E-state index < -0.39 is 21.7 Å². The molecule has 0 bridgehead atoms. The fourth-order valence-corrected chi connectivity index (χ4v) is 4.36. The van der Waals surface area contributed by atoms with Crippen molar-refractivity contribution in [2.45, 2.75) is 18.9 Å². The van der Waals surface area contributed by atoms with Crippen molar-refractivity contribution in [3.05, 3.63) is 0 Å². The van der Waals surface area contributed by atoms with E-state index in [4.69, 9.17) is 0 Å². The van der Waals surface area contributed by atoms with Crippen LogP contribution in [0.3, 0.4) is 0 Å². The monoisotopic (exact) mass is 303 g/mol. The summed E-state index contributed by atoms with van der Waals surface area (Å²) in [5.41, 5.74) is 0. The summed E-state index contributed by atoms with van der Waals surface area (Å²) in [6.07, 6.45) is 1.24. The molecular weight excluding hydrogens is 282 g/mol. The summed E-state index contributed by atoms with van der Waals surface area (Å²) in [6, 6.07) is -0.374. The molecule has 0 spiro atoms. The first-order valence-electron chi connectivity index (χ1n) is 6.88. The maximum atomic E-state index is 12.2. The molecule has 2 rings (SSSR count). The van der Waals surface area contributed by atoms with Crippen LogP contribution in [0.4, 0.5) is 0 Å². The summed E-state index contributed by atoms with van der Waals surface area (Å²) in [5, 5.41) is 3.17. The van der Waals surface area contributed by atoms with E-state index >= 15 is 0 Å². The number of carbonyl (C=O) groups excluding carboxylic acids is 2. The van der Waals surface area contributed by atoms with E-state index in [-0.39, 0.29) is 17.5 Å². The Morgan fingerprint density at radius 2 is 2.00 bits per heavy atom. The molecule has 2 saturated heterocycles. The van der Waals surface area contributed by atoms with E-state index in [1.807, 2.05) is 0 Å². The molecular formula is C12H21N3O4S. The van der Waals surface area contributed by atoms with Crippen LogP contribution >= 0.6 is 0 Å². The summed E-state index contributed by atoms with van der Waals surface area (Å²) in [7, 11) is -1.54. The van der Waals surface area contributed by atoms with Crippen LogP contribution in [0.15, 0.2) is 0 Å². The smallest absolute Gasteiger partial charge is 0.312 e. The number of likely N-dealkylation sites (N-methyl/N-ethyl adjacent to an activating group) is 1. The van der Waals surface area contributed by atoms with Gasteiger partial charge in [-0.15, -0.1) is 0 Å². The Morgan fingerprint density at radius 1 is 1.25 bits per heavy atom. The highest BCUT2D eigenvalue weighted by molar-refractivity contribution is 7.91. The highest BCUT2D eigenvalue weighted by Gasteiger charge is 2.36. The van der Waals surface area contributed by atoms with Gasteiger partial charge in [0.15, 0.2) is 9.84 Å². The molecule has 0 aromatic carbocycles. The number of hydrogen-bond donors (Lipinski definition) is 1. The van der Waals surface area contributed by atoms with Gasteiger partial charge in [0.1, 0.15) is 0 Å². The lowest BCUT2D eigenvalue weighted by atomic mass is 10.2. The number of rotatable bonds is 1. The first kappa shape index (κ1) is 15.2. The maximum Gasteiger partial charge on any atom is 0.312 e. The van der Waals surface area contributed by atoms with Gasteiger partial charge >= 0.3 is 11.8 Å². The lowest BCUT2D eigenvalue weighted by Gasteiger charge is -2.26. The Hall–Kier alpha value is -1.15. The second-order valence-corrected chi connectivity index (χ2v) is 7.60. The zero-order chi connectivity index (χ0) is 14.8. The third kappa shape index (κ3) is 3.49. The van der Waals surface area contributed by atoms with Crippen LogP contribution in [0.5, 0.6) is 0 Å². The van der Waals surface area contributed by atoms with Gasteiger partial charge in [-0.1, -0.05) is 0 Å². The molecule has 8 heteroatoms. The summed E-state index contributed by atoms with van der Waals surface area (Å²) >= 11 is 0. The first-order chi connectivity index (χ1) is 9.41. The molecule has 0 aromatic rings. The minimum absolute atomic E-state index is 0.0376. The minimum atomic E-state index is -3.06. The van der Waals surface area contributed by atoms with Gasteiger partial charge in [-0.05, 0) is 19.4 Å². The average molecular weight is 303 g/mol. The van der Waals surface area contributed by atoms with Gasteiger partial charge < -0.3 is 15.1 Å². The molecule has 1 atom stereocenters. The molecule has 0 saturated carbocycles. The molecule has 2 heterocycles. The van der Waals surface area contributed by atoms with E-state index in [9.17, 15) is 18.0 Å². The van der Waals surface area contributed by atoms with Crippen LogP contribution in [0, 0.1) is 0 Å². The van der Waals surface area contributed by atoms with Gasteiger partial charge in [-0.3, -0.25) is 9.59 Å². The molecule has 2 aliphatic rings. The molecule has 7 nitrogen and oxygen atoms in total. The van der Waals surface area contributed by atoms with E-state index in [0.29, 0.717) is 26.1 Å². The van der Waals surface area contributed by atoms with Crippen molar-refractivity contribution < 1.29 is 18.0 Å². The molecule has 20 heavy (non-hydrogen) atoms. The van der Waals surface area contributed by atoms with Gasteiger partial charge in [-0.25, -0.2) is 8.42 Å². The Labute approximate surface area is 119 Å². The van der Waals surface area contributed by atoms with Gasteiger partial charge in [0, 0.05) is 32.7 Å². The van der Waals surface area contributed by atoms with Crippen molar-refractivity contribution in [1.29, 1.82) is 0 Å².